The summed E-state index contributed by atoms with van der Waals surface area (Å²) in [5.41, 5.74) is 12.9. The topological polar surface area (TPSA) is 231 Å². The van der Waals surface area contributed by atoms with E-state index in [9.17, 15) is 27.5 Å². The lowest BCUT2D eigenvalue weighted by molar-refractivity contribution is 0.0204. The molecule has 4 aromatic carbocycles. The molecule has 4 aliphatic rings. The third-order valence-corrected chi connectivity index (χ3v) is 17.8. The Morgan fingerprint density at radius 3 is 1.48 bits per heavy atom. The van der Waals surface area contributed by atoms with Crippen LogP contribution in [0.2, 0.25) is 5.28 Å². The van der Waals surface area contributed by atoms with Crippen LogP contribution in [0.25, 0.3) is 0 Å². The number of para-hydroxylation sites is 2. The van der Waals surface area contributed by atoms with Crippen LogP contribution in [0.3, 0.4) is 0 Å². The van der Waals surface area contributed by atoms with Gasteiger partial charge in [-0.25, -0.2) is 28.3 Å². The van der Waals surface area contributed by atoms with E-state index in [0.717, 1.165) is 86.9 Å². The number of nitrogens with zero attached hydrogens (tertiary/aromatic N) is 6. The minimum atomic E-state index is -2.58. The number of rotatable bonds is 12. The van der Waals surface area contributed by atoms with Crippen LogP contribution in [0.4, 0.5) is 70.1 Å². The standard InChI is InChI=1S/C30H38FN6O3P.C18H27N3O2.C12H12ClFN3OP/c1-19-13-20(11-12-24(19)37-17-30(18-37)14-21(15-30)34-28(38)40-29(2,3)4)33-27-32-16-22(31)26(36-27)35-23-9-7-8-10-25(23)41(5,6)39;1-12-7-13(19)5-6-15(12)21-10-18(11-21)8-14(9-18)20-16(22)23-17(2,3)4;1-19(2,18)10-6-4-3-5-9(10)16-11-8(14)7-15-12(13)17-11/h7-13,16,21H,14-15,17-18H2,1-6H3,(H,34,38)(H2,32,33,35,36);5-7,14H,8-11,19H2,1-4H3,(H,20,22);3-7H,1-2H3,(H,15,16,17). The monoisotopic (exact) mass is 1200 g/mol. The highest BCUT2D eigenvalue weighted by molar-refractivity contribution is 7.70. The van der Waals surface area contributed by atoms with Crippen LogP contribution in [-0.2, 0) is 18.6 Å². The van der Waals surface area contributed by atoms with Gasteiger partial charge in [-0.3, -0.25) is 0 Å². The van der Waals surface area contributed by atoms with Crippen molar-refractivity contribution in [3.8, 4) is 0 Å². The second kappa shape index (κ2) is 24.3. The first-order chi connectivity index (χ1) is 38.7. The fourth-order valence-electron chi connectivity index (χ4n) is 11.1. The fraction of sp³-hybridized carbons (Fsp3) is 0.433. The molecule has 23 heteroatoms. The number of anilines is 9. The average molecular weight is 1200 g/mol. The van der Waals surface area contributed by atoms with E-state index in [1.807, 2.05) is 71.9 Å². The van der Waals surface area contributed by atoms with E-state index in [-0.39, 0.29) is 52.6 Å². The Balaban J connectivity index is 0.000000180. The minimum absolute atomic E-state index is 0.00239. The number of hydrogen-bond acceptors (Lipinski definition) is 16. The molecule has 2 spiro atoms. The molecular formula is C60H77ClF2N12O6P2. The molecule has 2 aliphatic carbocycles. The Bertz CT molecular complexity index is 3450. The van der Waals surface area contributed by atoms with Crippen molar-refractivity contribution in [3.63, 3.8) is 0 Å². The van der Waals surface area contributed by atoms with Gasteiger partial charge in [-0.2, -0.15) is 9.97 Å². The highest BCUT2D eigenvalue weighted by Crippen LogP contribution is 2.52. The highest BCUT2D eigenvalue weighted by Gasteiger charge is 2.54. The Hall–Kier alpha value is -7.01. The lowest BCUT2D eigenvalue weighted by atomic mass is 9.60. The van der Waals surface area contributed by atoms with Gasteiger partial charge in [-0.1, -0.05) is 24.3 Å². The quantitative estimate of drug-likeness (QED) is 0.0380. The Labute approximate surface area is 490 Å². The van der Waals surface area contributed by atoms with Crippen LogP contribution in [0.1, 0.15) is 78.4 Å². The maximum absolute atomic E-state index is 14.6. The van der Waals surface area contributed by atoms with Gasteiger partial charge in [0, 0.05) is 82.5 Å². The van der Waals surface area contributed by atoms with Crippen molar-refractivity contribution in [3.05, 3.63) is 125 Å². The van der Waals surface area contributed by atoms with Crippen molar-refractivity contribution in [2.45, 2.75) is 104 Å². The lowest BCUT2D eigenvalue weighted by Gasteiger charge is -2.60. The summed E-state index contributed by atoms with van der Waals surface area (Å²) in [4.78, 5) is 44.3. The number of halogens is 3. The van der Waals surface area contributed by atoms with Gasteiger partial charge < -0.3 is 60.7 Å². The first-order valence-electron chi connectivity index (χ1n) is 27.5. The molecule has 4 heterocycles. The van der Waals surface area contributed by atoms with Crippen LogP contribution in [-0.4, -0.2) is 108 Å². The highest BCUT2D eigenvalue weighted by atomic mass is 35.5. The van der Waals surface area contributed by atoms with Gasteiger partial charge in [0.1, 0.15) is 25.5 Å². The zero-order valence-electron chi connectivity index (χ0n) is 49.3. The molecule has 444 valence electrons. The molecule has 2 aliphatic heterocycles. The van der Waals surface area contributed by atoms with Crippen molar-refractivity contribution in [2.75, 3.05) is 84.3 Å². The predicted octanol–water partition coefficient (Wildman–Crippen LogP) is 12.5. The number of aryl methyl sites for hydroxylation is 2. The molecule has 10 rings (SSSR count). The first kappa shape index (κ1) is 62.0. The zero-order chi connectivity index (χ0) is 60.5. The predicted molar refractivity (Wildman–Crippen MR) is 331 cm³/mol. The number of ether oxygens (including phenoxy) is 2. The summed E-state index contributed by atoms with van der Waals surface area (Å²) in [6.45, 7) is 26.1. The van der Waals surface area contributed by atoms with Crippen molar-refractivity contribution in [2.24, 2.45) is 10.8 Å². The van der Waals surface area contributed by atoms with Gasteiger partial charge in [0.15, 0.2) is 23.3 Å². The van der Waals surface area contributed by atoms with Crippen LogP contribution in [0.15, 0.2) is 97.3 Å². The number of nitrogens with one attached hydrogen (secondary N) is 5. The van der Waals surface area contributed by atoms with Gasteiger partial charge >= 0.3 is 12.2 Å². The summed E-state index contributed by atoms with van der Waals surface area (Å²) < 4.78 is 63.7. The molecular weight excluding hydrogens is 1120 g/mol. The van der Waals surface area contributed by atoms with E-state index < -0.39 is 37.1 Å². The number of aromatic nitrogens is 4. The number of carbonyl (C=O) groups excluding carboxylic acids is 2. The molecule has 18 nitrogen and oxygen atoms in total. The normalized spacial score (nSPS) is 16.3. The first-order valence-corrected chi connectivity index (χ1v) is 33.1. The number of alkyl carbamates (subject to hydrolysis) is 2. The minimum Gasteiger partial charge on any atom is -0.444 e. The van der Waals surface area contributed by atoms with Crippen molar-refractivity contribution in [1.29, 1.82) is 0 Å². The second-order valence-corrected chi connectivity index (χ2v) is 31.8. The zero-order valence-corrected chi connectivity index (χ0v) is 51.8. The number of carbonyl (C=O) groups is 2. The summed E-state index contributed by atoms with van der Waals surface area (Å²) in [6, 6.07) is 26.7. The molecule has 6 aromatic rings. The van der Waals surface area contributed by atoms with E-state index in [0.29, 0.717) is 27.4 Å². The number of nitrogen functional groups attached to an aromatic ring is 1. The summed E-state index contributed by atoms with van der Waals surface area (Å²) in [5.74, 6) is -1.02. The molecule has 0 bridgehead atoms. The largest absolute Gasteiger partial charge is 0.444 e. The van der Waals surface area contributed by atoms with Gasteiger partial charge in [0.25, 0.3) is 0 Å². The average Bonchev–Trinajstić information content (AvgIpc) is 3.34. The molecule has 7 N–H and O–H groups in total. The Morgan fingerprint density at radius 2 is 1.05 bits per heavy atom. The summed E-state index contributed by atoms with van der Waals surface area (Å²) in [7, 11) is -5.06. The summed E-state index contributed by atoms with van der Waals surface area (Å²) in [6.07, 6.45) is 5.44. The molecule has 2 saturated heterocycles. The lowest BCUT2D eigenvalue weighted by Crippen LogP contribution is -2.67. The van der Waals surface area contributed by atoms with Gasteiger partial charge in [0.2, 0.25) is 11.2 Å². The molecule has 0 atom stereocenters. The summed E-state index contributed by atoms with van der Waals surface area (Å²) in [5, 5.41) is 16.1. The van der Waals surface area contributed by atoms with Crippen molar-refractivity contribution < 1.29 is 37.0 Å². The Morgan fingerprint density at radius 1 is 0.627 bits per heavy atom. The van der Waals surface area contributed by atoms with Crippen LogP contribution < -0.4 is 52.7 Å². The van der Waals surface area contributed by atoms with Gasteiger partial charge in [-0.15, -0.1) is 0 Å². The van der Waals surface area contributed by atoms with Crippen molar-refractivity contribution >= 4 is 100 Å². The van der Waals surface area contributed by atoms with E-state index >= 15 is 0 Å². The van der Waals surface area contributed by atoms with Gasteiger partial charge in [0.05, 0.1) is 23.8 Å². The number of benzene rings is 4. The third kappa shape index (κ3) is 16.2. The van der Waals surface area contributed by atoms with E-state index in [4.69, 9.17) is 26.8 Å². The number of amides is 2. The van der Waals surface area contributed by atoms with Gasteiger partial charge in [-0.05, 0) is 191 Å². The number of hydrogen-bond donors (Lipinski definition) is 6. The SMILES string of the molecule is CP(C)(=O)c1ccccc1Nc1nc(Cl)ncc1F.Cc1cc(N)ccc1N1CC2(CC(NC(=O)OC(C)(C)C)C2)C1.Cc1cc(Nc2ncc(F)c(Nc3ccccc3P(C)(C)=O)n2)ccc1N1CC2(CC(NC(=O)OC(C)(C)C)C2)C1. The van der Waals surface area contributed by atoms with Crippen LogP contribution in [0, 0.1) is 36.3 Å². The van der Waals surface area contributed by atoms with Crippen LogP contribution >= 0.6 is 25.9 Å². The molecule has 0 radical (unpaired) electrons. The molecule has 2 saturated carbocycles. The molecule has 83 heavy (non-hydrogen) atoms. The van der Waals surface area contributed by atoms with E-state index in [2.05, 4.69) is 82.3 Å². The molecule has 2 aromatic heterocycles. The van der Waals surface area contributed by atoms with Crippen molar-refractivity contribution in [1.82, 2.24) is 30.6 Å². The molecule has 4 fully saturated rings. The van der Waals surface area contributed by atoms with Crippen LogP contribution in [0.5, 0.6) is 0 Å². The maximum atomic E-state index is 14.6. The molecule has 2 amide bonds. The Kier molecular flexibility index (Phi) is 18.2. The fourth-order valence-corrected chi connectivity index (χ4v) is 13.5. The maximum Gasteiger partial charge on any atom is 0.407 e. The smallest absolute Gasteiger partial charge is 0.407 e. The summed E-state index contributed by atoms with van der Waals surface area (Å²) >= 11 is 5.63. The molecule has 0 unspecified atom stereocenters. The second-order valence-electron chi connectivity index (χ2n) is 25.1. The van der Waals surface area contributed by atoms with E-state index in [1.165, 1.54) is 11.3 Å². The van der Waals surface area contributed by atoms with E-state index in [1.54, 1.807) is 69.1 Å². The third-order valence-electron chi connectivity index (χ3n) is 14.6. The number of nitrogens with two attached hydrogens (primary N) is 1.